The summed E-state index contributed by atoms with van der Waals surface area (Å²) in [5, 5.41) is 6.81. The molecule has 0 amide bonds. The molecule has 0 radical (unpaired) electrons. The highest BCUT2D eigenvalue weighted by Crippen LogP contribution is 2.16. The lowest BCUT2D eigenvalue weighted by Gasteiger charge is -2.30. The maximum Gasteiger partial charge on any atom is 0.191 e. The van der Waals surface area contributed by atoms with Crippen molar-refractivity contribution >= 4 is 41.0 Å². The summed E-state index contributed by atoms with van der Waals surface area (Å²) in [7, 11) is 2.06. The third-order valence-corrected chi connectivity index (χ3v) is 5.42. The highest BCUT2D eigenvalue weighted by atomic mass is 127. The highest BCUT2D eigenvalue weighted by molar-refractivity contribution is 14.0. The number of likely N-dealkylation sites (tertiary alicyclic amines) is 1. The van der Waals surface area contributed by atoms with Gasteiger partial charge in [0.2, 0.25) is 0 Å². The number of rotatable bonds is 7. The molecule has 0 saturated carbocycles. The topological polar surface area (TPSA) is 57.5 Å². The van der Waals surface area contributed by atoms with Crippen molar-refractivity contribution in [1.29, 1.82) is 0 Å². The third-order valence-electron chi connectivity index (χ3n) is 5.42. The molecular weight excluding hydrogens is 463 g/mol. The Balaban J connectivity index is 0.00000280. The van der Waals surface area contributed by atoms with Crippen molar-refractivity contribution in [3.05, 3.63) is 30.1 Å². The van der Waals surface area contributed by atoms with Gasteiger partial charge < -0.3 is 20.1 Å². The Morgan fingerprint density at radius 1 is 1.21 bits per heavy atom. The normalized spacial score (nSPS) is 16.2. The minimum absolute atomic E-state index is 0. The molecule has 0 spiro atoms. The van der Waals surface area contributed by atoms with Gasteiger partial charge in [0.15, 0.2) is 5.96 Å². The lowest BCUT2D eigenvalue weighted by molar-refractivity contribution is 0.191. The van der Waals surface area contributed by atoms with Gasteiger partial charge in [0.25, 0.3) is 0 Å². The molecule has 1 aliphatic rings. The fourth-order valence-corrected chi connectivity index (χ4v) is 3.62. The molecule has 3 rings (SSSR count). The van der Waals surface area contributed by atoms with Gasteiger partial charge in [-0.15, -0.1) is 24.0 Å². The molecule has 1 aliphatic heterocycles. The van der Waals surface area contributed by atoms with Crippen molar-refractivity contribution in [2.24, 2.45) is 18.0 Å². The van der Waals surface area contributed by atoms with Crippen molar-refractivity contribution in [2.45, 2.75) is 39.7 Å². The van der Waals surface area contributed by atoms with Crippen LogP contribution < -0.4 is 10.6 Å². The van der Waals surface area contributed by atoms with Crippen molar-refractivity contribution in [3.8, 4) is 0 Å². The van der Waals surface area contributed by atoms with E-state index >= 15 is 0 Å². The molecule has 6 nitrogen and oxygen atoms in total. The second-order valence-corrected chi connectivity index (χ2v) is 7.58. The van der Waals surface area contributed by atoms with Crippen molar-refractivity contribution in [2.75, 3.05) is 32.7 Å². The SMILES string of the molecule is CCNC(=NCc1nc2ccccc2n1C)NCCCN1CCC(C)CC1.I. The van der Waals surface area contributed by atoms with E-state index in [9.17, 15) is 0 Å². The first-order valence-electron chi connectivity index (χ1n) is 10.3. The Kier molecular flexibility index (Phi) is 9.50. The summed E-state index contributed by atoms with van der Waals surface area (Å²) in [6.07, 6.45) is 3.83. The molecule has 28 heavy (non-hydrogen) atoms. The number of benzene rings is 1. The smallest absolute Gasteiger partial charge is 0.191 e. The molecular formula is C21H35IN6. The molecule has 0 bridgehead atoms. The van der Waals surface area contributed by atoms with E-state index in [-0.39, 0.29) is 24.0 Å². The predicted molar refractivity (Wildman–Crippen MR) is 128 cm³/mol. The molecule has 1 saturated heterocycles. The Hall–Kier alpha value is -1.35. The van der Waals surface area contributed by atoms with E-state index in [4.69, 9.17) is 9.98 Å². The van der Waals surface area contributed by atoms with Gasteiger partial charge in [-0.1, -0.05) is 19.1 Å². The van der Waals surface area contributed by atoms with E-state index in [1.165, 1.54) is 32.5 Å². The number of hydrogen-bond acceptors (Lipinski definition) is 3. The predicted octanol–water partition coefficient (Wildman–Crippen LogP) is 3.37. The molecule has 0 unspecified atom stereocenters. The molecule has 2 heterocycles. The molecule has 1 aromatic heterocycles. The summed E-state index contributed by atoms with van der Waals surface area (Å²) in [6.45, 7) is 10.5. The zero-order valence-corrected chi connectivity index (χ0v) is 19.8. The van der Waals surface area contributed by atoms with E-state index < -0.39 is 0 Å². The van der Waals surface area contributed by atoms with Crippen LogP contribution in [0.25, 0.3) is 11.0 Å². The van der Waals surface area contributed by atoms with E-state index in [2.05, 4.69) is 47.1 Å². The summed E-state index contributed by atoms with van der Waals surface area (Å²) in [4.78, 5) is 12.0. The number of aromatic nitrogens is 2. The lowest BCUT2D eigenvalue weighted by Crippen LogP contribution is -2.39. The Bertz CT molecular complexity index is 748. The highest BCUT2D eigenvalue weighted by Gasteiger charge is 2.14. The number of imidazole rings is 1. The Morgan fingerprint density at radius 3 is 2.68 bits per heavy atom. The van der Waals surface area contributed by atoms with Crippen LogP contribution in [-0.2, 0) is 13.6 Å². The number of nitrogens with zero attached hydrogens (tertiary/aromatic N) is 4. The fourth-order valence-electron chi connectivity index (χ4n) is 3.62. The third kappa shape index (κ3) is 6.34. The van der Waals surface area contributed by atoms with Gasteiger partial charge in [0.05, 0.1) is 11.0 Å². The summed E-state index contributed by atoms with van der Waals surface area (Å²) in [6, 6.07) is 8.22. The average molecular weight is 498 g/mol. The number of nitrogens with one attached hydrogen (secondary N) is 2. The number of piperidine rings is 1. The monoisotopic (exact) mass is 498 g/mol. The van der Waals surface area contributed by atoms with Crippen molar-refractivity contribution in [3.63, 3.8) is 0 Å². The number of para-hydroxylation sites is 2. The number of fused-ring (bicyclic) bond motifs is 1. The second kappa shape index (κ2) is 11.6. The maximum atomic E-state index is 4.73. The second-order valence-electron chi connectivity index (χ2n) is 7.58. The molecule has 1 aromatic carbocycles. The van der Waals surface area contributed by atoms with Gasteiger partial charge >= 0.3 is 0 Å². The molecule has 0 aliphatic carbocycles. The Morgan fingerprint density at radius 2 is 1.96 bits per heavy atom. The van der Waals surface area contributed by atoms with Crippen LogP contribution in [0.5, 0.6) is 0 Å². The number of guanidine groups is 1. The molecule has 7 heteroatoms. The van der Waals surface area contributed by atoms with E-state index in [0.717, 1.165) is 48.2 Å². The summed E-state index contributed by atoms with van der Waals surface area (Å²) in [5.41, 5.74) is 2.18. The molecule has 0 atom stereocenters. The van der Waals surface area contributed by atoms with Crippen LogP contribution in [0.2, 0.25) is 0 Å². The molecule has 156 valence electrons. The number of aliphatic imine (C=N–C) groups is 1. The van der Waals surface area contributed by atoms with E-state index in [1.54, 1.807) is 0 Å². The first-order valence-corrected chi connectivity index (χ1v) is 10.3. The summed E-state index contributed by atoms with van der Waals surface area (Å²) >= 11 is 0. The van der Waals surface area contributed by atoms with Crippen molar-refractivity contribution < 1.29 is 0 Å². The van der Waals surface area contributed by atoms with Gasteiger partial charge in [-0.3, -0.25) is 0 Å². The first-order chi connectivity index (χ1) is 13.2. The summed E-state index contributed by atoms with van der Waals surface area (Å²) in [5.74, 6) is 2.75. The number of hydrogen-bond donors (Lipinski definition) is 2. The standard InChI is InChI=1S/C21H34N6.HI/c1-4-22-21(23-12-7-13-27-14-10-17(2)11-15-27)24-16-20-25-18-8-5-6-9-19(18)26(20)3;/h5-6,8-9,17H,4,7,10-16H2,1-3H3,(H2,22,23,24);1H. The quantitative estimate of drug-likeness (QED) is 0.266. The van der Waals surface area contributed by atoms with Gasteiger partial charge in [-0.05, 0) is 63.9 Å². The minimum atomic E-state index is 0. The van der Waals surface area contributed by atoms with E-state index in [0.29, 0.717) is 6.54 Å². The van der Waals surface area contributed by atoms with Crippen LogP contribution in [0, 0.1) is 5.92 Å². The maximum absolute atomic E-state index is 4.73. The zero-order chi connectivity index (χ0) is 19.1. The van der Waals surface area contributed by atoms with E-state index in [1.807, 2.05) is 18.2 Å². The van der Waals surface area contributed by atoms with Gasteiger partial charge in [0, 0.05) is 20.1 Å². The van der Waals surface area contributed by atoms with Crippen LogP contribution in [0.4, 0.5) is 0 Å². The average Bonchev–Trinajstić information content (AvgIpc) is 3.00. The molecule has 1 fully saturated rings. The number of halogens is 1. The zero-order valence-electron chi connectivity index (χ0n) is 17.4. The van der Waals surface area contributed by atoms with Crippen molar-refractivity contribution in [1.82, 2.24) is 25.1 Å². The first kappa shape index (κ1) is 22.9. The molecule has 2 aromatic rings. The molecule has 2 N–H and O–H groups in total. The fraction of sp³-hybridized carbons (Fsp3) is 0.619. The van der Waals surface area contributed by atoms with Crippen LogP contribution in [0.15, 0.2) is 29.3 Å². The lowest BCUT2D eigenvalue weighted by atomic mass is 9.99. The number of aryl methyl sites for hydroxylation is 1. The van der Waals surface area contributed by atoms with Gasteiger partial charge in [0.1, 0.15) is 12.4 Å². The van der Waals surface area contributed by atoms with Gasteiger partial charge in [-0.25, -0.2) is 9.98 Å². The Labute approximate surface area is 186 Å². The van der Waals surface area contributed by atoms with Gasteiger partial charge in [-0.2, -0.15) is 0 Å². The van der Waals surface area contributed by atoms with Crippen LogP contribution in [-0.4, -0.2) is 53.1 Å². The van der Waals surface area contributed by atoms with Crippen LogP contribution in [0.3, 0.4) is 0 Å². The van der Waals surface area contributed by atoms with Crippen LogP contribution >= 0.6 is 24.0 Å². The minimum Gasteiger partial charge on any atom is -0.357 e. The van der Waals surface area contributed by atoms with Crippen LogP contribution in [0.1, 0.15) is 38.9 Å². The largest absolute Gasteiger partial charge is 0.357 e. The summed E-state index contributed by atoms with van der Waals surface area (Å²) < 4.78 is 2.12.